The van der Waals surface area contributed by atoms with Crippen molar-refractivity contribution < 1.29 is 13.2 Å². The van der Waals surface area contributed by atoms with Gasteiger partial charge in [0.1, 0.15) is 5.82 Å². The number of hydrogen-bond donors (Lipinski definition) is 1. The van der Waals surface area contributed by atoms with Crippen LogP contribution in [0.15, 0.2) is 42.5 Å². The second-order valence-electron chi connectivity index (χ2n) is 5.02. The molecule has 0 aliphatic heterocycles. The normalized spacial score (nSPS) is 12.2. The molecule has 0 aliphatic rings. The van der Waals surface area contributed by atoms with Gasteiger partial charge in [-0.05, 0) is 36.2 Å². The molecule has 2 aromatic carbocycles. The highest BCUT2D eigenvalue weighted by Gasteiger charge is 2.12. The number of benzene rings is 2. The second kappa shape index (κ2) is 7.16. The first-order valence-corrected chi connectivity index (χ1v) is 7.07. The molecule has 0 aromatic heterocycles. The van der Waals surface area contributed by atoms with Gasteiger partial charge < -0.3 is 5.32 Å². The van der Waals surface area contributed by atoms with Crippen LogP contribution in [-0.2, 0) is 0 Å². The quantitative estimate of drug-likeness (QED) is 0.747. The molecule has 112 valence electrons. The van der Waals surface area contributed by atoms with Gasteiger partial charge in [0.25, 0.3) is 0 Å². The van der Waals surface area contributed by atoms with Crippen molar-refractivity contribution in [3.63, 3.8) is 0 Å². The van der Waals surface area contributed by atoms with Crippen LogP contribution in [-0.4, -0.2) is 0 Å². The van der Waals surface area contributed by atoms with Gasteiger partial charge in [0.2, 0.25) is 0 Å². The fourth-order valence-electron chi connectivity index (χ4n) is 2.21. The van der Waals surface area contributed by atoms with Crippen LogP contribution in [0, 0.1) is 17.5 Å². The van der Waals surface area contributed by atoms with Gasteiger partial charge in [-0.2, -0.15) is 0 Å². The predicted octanol–water partition coefficient (Wildman–Crippen LogP) is 5.45. The smallest absolute Gasteiger partial charge is 0.160 e. The van der Waals surface area contributed by atoms with Crippen molar-refractivity contribution in [2.45, 2.75) is 32.2 Å². The zero-order valence-corrected chi connectivity index (χ0v) is 11.9. The SMILES string of the molecule is CCCCC(Nc1ccc(F)c(F)c1)c1ccc(F)cc1. The van der Waals surface area contributed by atoms with Crippen molar-refractivity contribution in [2.24, 2.45) is 0 Å². The van der Waals surface area contributed by atoms with E-state index in [1.807, 2.05) is 0 Å². The molecule has 4 heteroatoms. The third-order valence-electron chi connectivity index (χ3n) is 3.38. The van der Waals surface area contributed by atoms with Gasteiger partial charge in [-0.3, -0.25) is 0 Å². The minimum Gasteiger partial charge on any atom is -0.378 e. The van der Waals surface area contributed by atoms with Gasteiger partial charge in [0.15, 0.2) is 11.6 Å². The van der Waals surface area contributed by atoms with Gasteiger partial charge in [0.05, 0.1) is 6.04 Å². The maximum atomic E-state index is 13.3. The summed E-state index contributed by atoms with van der Waals surface area (Å²) >= 11 is 0. The second-order valence-corrected chi connectivity index (χ2v) is 5.02. The van der Waals surface area contributed by atoms with Gasteiger partial charge >= 0.3 is 0 Å². The van der Waals surface area contributed by atoms with E-state index in [1.165, 1.54) is 18.2 Å². The standard InChI is InChI=1S/C17H18F3N/c1-2-3-4-17(12-5-7-13(18)8-6-12)21-14-9-10-15(19)16(20)11-14/h5-11,17,21H,2-4H2,1H3. The first kappa shape index (κ1) is 15.4. The topological polar surface area (TPSA) is 12.0 Å². The van der Waals surface area contributed by atoms with E-state index in [4.69, 9.17) is 0 Å². The van der Waals surface area contributed by atoms with Crippen LogP contribution in [0.2, 0.25) is 0 Å². The molecule has 1 unspecified atom stereocenters. The monoisotopic (exact) mass is 293 g/mol. The minimum atomic E-state index is -0.881. The summed E-state index contributed by atoms with van der Waals surface area (Å²) in [6.45, 7) is 2.08. The first-order valence-electron chi connectivity index (χ1n) is 7.07. The Balaban J connectivity index is 2.19. The van der Waals surface area contributed by atoms with Crippen LogP contribution in [0.3, 0.4) is 0 Å². The average Bonchev–Trinajstić information content (AvgIpc) is 2.48. The van der Waals surface area contributed by atoms with Crippen molar-refractivity contribution in [1.29, 1.82) is 0 Å². The molecule has 0 heterocycles. The van der Waals surface area contributed by atoms with E-state index in [1.54, 1.807) is 12.1 Å². The predicted molar refractivity (Wildman–Crippen MR) is 78.6 cm³/mol. The van der Waals surface area contributed by atoms with E-state index in [2.05, 4.69) is 12.2 Å². The van der Waals surface area contributed by atoms with Crippen LogP contribution in [0.4, 0.5) is 18.9 Å². The van der Waals surface area contributed by atoms with Gasteiger partial charge in [-0.25, -0.2) is 13.2 Å². The number of unbranched alkanes of at least 4 members (excludes halogenated alkanes) is 1. The highest BCUT2D eigenvalue weighted by molar-refractivity contribution is 5.46. The maximum Gasteiger partial charge on any atom is 0.160 e. The number of rotatable bonds is 6. The van der Waals surface area contributed by atoms with Crippen molar-refractivity contribution in [3.8, 4) is 0 Å². The number of hydrogen-bond acceptors (Lipinski definition) is 1. The molecule has 0 amide bonds. The van der Waals surface area contributed by atoms with Crippen molar-refractivity contribution >= 4 is 5.69 Å². The van der Waals surface area contributed by atoms with E-state index in [9.17, 15) is 13.2 Å². The lowest BCUT2D eigenvalue weighted by atomic mass is 10.0. The molecule has 1 N–H and O–H groups in total. The van der Waals surface area contributed by atoms with Crippen LogP contribution < -0.4 is 5.32 Å². The van der Waals surface area contributed by atoms with E-state index < -0.39 is 11.6 Å². The summed E-state index contributed by atoms with van der Waals surface area (Å²) in [6.07, 6.45) is 2.84. The molecule has 0 radical (unpaired) electrons. The molecule has 2 aromatic rings. The number of halogens is 3. The lowest BCUT2D eigenvalue weighted by molar-refractivity contribution is 0.508. The summed E-state index contributed by atoms with van der Waals surface area (Å²) in [4.78, 5) is 0. The number of nitrogens with one attached hydrogen (secondary N) is 1. The van der Waals surface area contributed by atoms with E-state index in [0.29, 0.717) is 5.69 Å². The van der Waals surface area contributed by atoms with Crippen LogP contribution >= 0.6 is 0 Å². The summed E-state index contributed by atoms with van der Waals surface area (Å²) in [5.74, 6) is -2.04. The van der Waals surface area contributed by atoms with Gasteiger partial charge in [0, 0.05) is 11.8 Å². The van der Waals surface area contributed by atoms with Gasteiger partial charge in [-0.15, -0.1) is 0 Å². The third-order valence-corrected chi connectivity index (χ3v) is 3.38. The highest BCUT2D eigenvalue weighted by atomic mass is 19.2. The number of anilines is 1. The molecule has 2 rings (SSSR count). The Kier molecular flexibility index (Phi) is 5.26. The largest absolute Gasteiger partial charge is 0.378 e. The first-order chi connectivity index (χ1) is 10.1. The Bertz CT molecular complexity index is 581. The summed E-state index contributed by atoms with van der Waals surface area (Å²) in [5, 5.41) is 3.19. The molecular weight excluding hydrogens is 275 g/mol. The summed E-state index contributed by atoms with van der Waals surface area (Å²) < 4.78 is 39.2. The summed E-state index contributed by atoms with van der Waals surface area (Å²) in [6, 6.07) is 9.90. The van der Waals surface area contributed by atoms with Gasteiger partial charge in [-0.1, -0.05) is 31.9 Å². The zero-order valence-electron chi connectivity index (χ0n) is 11.9. The van der Waals surface area contributed by atoms with Crippen molar-refractivity contribution in [1.82, 2.24) is 0 Å². The maximum absolute atomic E-state index is 13.3. The minimum absolute atomic E-state index is 0.0598. The summed E-state index contributed by atoms with van der Waals surface area (Å²) in [5.41, 5.74) is 1.44. The Morgan fingerprint density at radius 3 is 2.29 bits per heavy atom. The molecule has 1 atom stereocenters. The Labute approximate surface area is 122 Å². The molecule has 1 nitrogen and oxygen atoms in total. The highest BCUT2D eigenvalue weighted by Crippen LogP contribution is 2.25. The van der Waals surface area contributed by atoms with Crippen LogP contribution in [0.25, 0.3) is 0 Å². The van der Waals surface area contributed by atoms with Crippen molar-refractivity contribution in [2.75, 3.05) is 5.32 Å². The van der Waals surface area contributed by atoms with Crippen molar-refractivity contribution in [3.05, 3.63) is 65.5 Å². The third kappa shape index (κ3) is 4.25. The van der Waals surface area contributed by atoms with Crippen LogP contribution in [0.5, 0.6) is 0 Å². The molecule has 0 aliphatic carbocycles. The molecule has 0 fully saturated rings. The molecular formula is C17H18F3N. The fourth-order valence-corrected chi connectivity index (χ4v) is 2.21. The summed E-state index contributed by atoms with van der Waals surface area (Å²) in [7, 11) is 0. The zero-order chi connectivity index (χ0) is 15.2. The lowest BCUT2D eigenvalue weighted by Gasteiger charge is -2.20. The molecule has 21 heavy (non-hydrogen) atoms. The molecule has 0 bridgehead atoms. The lowest BCUT2D eigenvalue weighted by Crippen LogP contribution is -2.11. The fraction of sp³-hybridized carbons (Fsp3) is 0.294. The Morgan fingerprint density at radius 1 is 0.952 bits per heavy atom. The van der Waals surface area contributed by atoms with E-state index >= 15 is 0 Å². The molecule has 0 spiro atoms. The Hall–Kier alpha value is -1.97. The van der Waals surface area contributed by atoms with E-state index in [0.717, 1.165) is 37.0 Å². The van der Waals surface area contributed by atoms with E-state index in [-0.39, 0.29) is 11.9 Å². The molecule has 0 saturated carbocycles. The van der Waals surface area contributed by atoms with Crippen LogP contribution in [0.1, 0.15) is 37.8 Å². The Morgan fingerprint density at radius 2 is 1.67 bits per heavy atom. The average molecular weight is 293 g/mol. The molecule has 0 saturated heterocycles.